The van der Waals surface area contributed by atoms with Gasteiger partial charge in [0.25, 0.3) is 6.72 Å². The number of ether oxygens (including phenoxy) is 4. The van der Waals surface area contributed by atoms with E-state index in [0.29, 0.717) is 52.8 Å². The molecule has 0 rings (SSSR count). The summed E-state index contributed by atoms with van der Waals surface area (Å²) < 4.78 is 20.8. The van der Waals surface area contributed by atoms with Crippen molar-refractivity contribution in [2.75, 3.05) is 59.4 Å². The van der Waals surface area contributed by atoms with Crippen molar-refractivity contribution in [2.24, 2.45) is 5.11 Å². The molecule has 1 N–H and O–H groups in total. The first kappa shape index (κ1) is 18.7. The van der Waals surface area contributed by atoms with Gasteiger partial charge in [-0.2, -0.15) is 0 Å². The molecule has 20 heavy (non-hydrogen) atoms. The van der Waals surface area contributed by atoms with Gasteiger partial charge in [-0.15, -0.1) is 0 Å². The zero-order chi connectivity index (χ0) is 14.9. The minimum atomic E-state index is -0.865. The van der Waals surface area contributed by atoms with Gasteiger partial charge in [0.15, 0.2) is 0 Å². The van der Waals surface area contributed by atoms with E-state index < -0.39 is 5.97 Å². The van der Waals surface area contributed by atoms with Gasteiger partial charge in [0.1, 0.15) is 6.54 Å². The van der Waals surface area contributed by atoms with Crippen molar-refractivity contribution in [1.29, 1.82) is 0 Å². The third-order valence-electron chi connectivity index (χ3n) is 2.01. The molecule has 8 nitrogen and oxygen atoms in total. The number of rotatable bonds is 15. The lowest BCUT2D eigenvalue weighted by molar-refractivity contribution is -0.138. The van der Waals surface area contributed by atoms with E-state index in [4.69, 9.17) is 24.1 Å². The zero-order valence-corrected chi connectivity index (χ0v) is 11.7. The van der Waals surface area contributed by atoms with Crippen LogP contribution in [0.15, 0.2) is 5.11 Å². The predicted molar refractivity (Wildman–Crippen MR) is 70.2 cm³/mol. The Morgan fingerprint density at radius 3 is 1.80 bits per heavy atom. The van der Waals surface area contributed by atoms with E-state index in [0.717, 1.165) is 0 Å². The van der Waals surface area contributed by atoms with Crippen molar-refractivity contribution < 1.29 is 33.6 Å². The van der Waals surface area contributed by atoms with E-state index in [1.807, 2.05) is 0 Å². The summed E-state index contributed by atoms with van der Waals surface area (Å²) in [6.45, 7) is 7.22. The van der Waals surface area contributed by atoms with Crippen LogP contribution in [0.4, 0.5) is 0 Å². The Labute approximate surface area is 118 Å². The monoisotopic (exact) mass is 291 g/mol. The van der Waals surface area contributed by atoms with E-state index in [2.05, 4.69) is 16.6 Å². The molecule has 0 aromatic carbocycles. The lowest BCUT2D eigenvalue weighted by Gasteiger charge is -2.06. The van der Waals surface area contributed by atoms with Crippen LogP contribution in [0.2, 0.25) is 0 Å². The summed E-state index contributed by atoms with van der Waals surface area (Å²) >= 11 is 0. The third-order valence-corrected chi connectivity index (χ3v) is 2.01. The molecule has 0 saturated carbocycles. The first-order valence-electron chi connectivity index (χ1n) is 6.42. The lowest BCUT2D eigenvalue weighted by Crippen LogP contribution is -2.13. The topological polar surface area (TPSA) is 101 Å². The van der Waals surface area contributed by atoms with Crippen molar-refractivity contribution in [3.8, 4) is 0 Å². The highest BCUT2D eigenvalue weighted by Crippen LogP contribution is 1.85. The number of nitrogens with zero attached hydrogens (tertiary/aromatic N) is 2. The standard InChI is InChI=1S/C12H22N2O6/c1-13-14-3-5-18-7-9-20-11-10-19-8-6-17-4-2-12(15)16/h1-11H2/p+1. The van der Waals surface area contributed by atoms with Gasteiger partial charge in [0.05, 0.1) is 64.4 Å². The van der Waals surface area contributed by atoms with Gasteiger partial charge in [0, 0.05) is 4.79 Å². The van der Waals surface area contributed by atoms with E-state index >= 15 is 0 Å². The second-order valence-corrected chi connectivity index (χ2v) is 3.60. The minimum absolute atomic E-state index is 0.0131. The maximum Gasteiger partial charge on any atom is 0.305 e. The SMILES string of the molecule is C=[N+]=NCCOCCOCCOCCOCCC(=O)O. The molecule has 0 aromatic rings. The van der Waals surface area contributed by atoms with E-state index in [-0.39, 0.29) is 13.0 Å². The van der Waals surface area contributed by atoms with Crippen LogP contribution in [0.25, 0.3) is 0 Å². The fourth-order valence-corrected chi connectivity index (χ4v) is 1.10. The summed E-state index contributed by atoms with van der Waals surface area (Å²) in [6.07, 6.45) is 0.0131. The highest BCUT2D eigenvalue weighted by atomic mass is 16.6. The lowest BCUT2D eigenvalue weighted by atomic mass is 10.5. The number of hydrogen-bond donors (Lipinski definition) is 1. The second-order valence-electron chi connectivity index (χ2n) is 3.60. The predicted octanol–water partition coefficient (Wildman–Crippen LogP) is -0.111. The molecule has 0 radical (unpaired) electrons. The summed E-state index contributed by atoms with van der Waals surface area (Å²) in [6, 6.07) is 0. The first-order chi connectivity index (χ1) is 9.77. The van der Waals surface area contributed by atoms with Crippen molar-refractivity contribution in [2.45, 2.75) is 6.42 Å². The van der Waals surface area contributed by atoms with Crippen molar-refractivity contribution in [3.63, 3.8) is 0 Å². The van der Waals surface area contributed by atoms with E-state index in [9.17, 15) is 4.79 Å². The van der Waals surface area contributed by atoms with Crippen LogP contribution in [0.5, 0.6) is 0 Å². The molecule has 0 unspecified atom stereocenters. The molecular formula is C12H23N2O6+. The highest BCUT2D eigenvalue weighted by Gasteiger charge is 1.96. The zero-order valence-electron chi connectivity index (χ0n) is 11.7. The molecule has 0 amide bonds. The van der Waals surface area contributed by atoms with E-state index in [1.165, 1.54) is 0 Å². The van der Waals surface area contributed by atoms with Crippen LogP contribution < -0.4 is 0 Å². The Bertz CT molecular complexity index is 267. The van der Waals surface area contributed by atoms with Gasteiger partial charge in [-0.3, -0.25) is 4.79 Å². The first-order valence-corrected chi connectivity index (χ1v) is 6.42. The van der Waals surface area contributed by atoms with Crippen LogP contribution in [-0.4, -0.2) is 82.0 Å². The largest absolute Gasteiger partial charge is 0.481 e. The third kappa shape index (κ3) is 16.7. The average molecular weight is 291 g/mol. The Kier molecular flexibility index (Phi) is 14.7. The smallest absolute Gasteiger partial charge is 0.305 e. The Hall–Kier alpha value is -1.31. The number of hydrogen-bond acceptors (Lipinski definition) is 6. The van der Waals surface area contributed by atoms with Crippen LogP contribution in [0.1, 0.15) is 6.42 Å². The fourth-order valence-electron chi connectivity index (χ4n) is 1.10. The van der Waals surface area contributed by atoms with Crippen LogP contribution >= 0.6 is 0 Å². The van der Waals surface area contributed by atoms with Gasteiger partial charge >= 0.3 is 5.97 Å². The highest BCUT2D eigenvalue weighted by molar-refractivity contribution is 5.66. The number of carbonyl (C=O) groups is 1. The van der Waals surface area contributed by atoms with Gasteiger partial charge in [-0.05, 0) is 0 Å². The summed E-state index contributed by atoms with van der Waals surface area (Å²) in [5, 5.41) is 12.0. The fraction of sp³-hybridized carbons (Fsp3) is 0.833. The average Bonchev–Trinajstić information content (AvgIpc) is 2.43. The van der Waals surface area contributed by atoms with Crippen LogP contribution in [0.3, 0.4) is 0 Å². The van der Waals surface area contributed by atoms with Gasteiger partial charge in [-0.1, -0.05) is 0 Å². The summed E-state index contributed by atoms with van der Waals surface area (Å²) in [7, 11) is 0. The maximum atomic E-state index is 10.2. The molecule has 0 aliphatic carbocycles. The second kappa shape index (κ2) is 15.7. The maximum absolute atomic E-state index is 10.2. The minimum Gasteiger partial charge on any atom is -0.481 e. The number of aliphatic carboxylic acids is 1. The molecule has 0 saturated heterocycles. The van der Waals surface area contributed by atoms with Crippen molar-refractivity contribution in [1.82, 2.24) is 0 Å². The number of carboxylic acids is 1. The molecule has 0 spiro atoms. The molecule has 116 valence electrons. The van der Waals surface area contributed by atoms with Crippen LogP contribution in [0, 0.1) is 0 Å². The van der Waals surface area contributed by atoms with E-state index in [1.54, 1.807) is 0 Å². The molecule has 0 atom stereocenters. The molecule has 8 heteroatoms. The summed E-state index contributed by atoms with van der Waals surface area (Å²) in [5.41, 5.74) is 0. The number of carboxylic acid groups (broad SMARTS) is 1. The molecule has 0 bridgehead atoms. The Morgan fingerprint density at radius 1 is 0.900 bits per heavy atom. The van der Waals surface area contributed by atoms with Gasteiger partial charge in [-0.25, -0.2) is 0 Å². The molecule has 0 aliphatic rings. The van der Waals surface area contributed by atoms with Gasteiger partial charge < -0.3 is 24.1 Å². The molecule has 0 fully saturated rings. The summed E-state index contributed by atoms with van der Waals surface area (Å²) in [5.74, 6) is -0.865. The van der Waals surface area contributed by atoms with Crippen LogP contribution in [-0.2, 0) is 23.7 Å². The molecule has 0 aromatic heterocycles. The van der Waals surface area contributed by atoms with Gasteiger partial charge in [0.2, 0.25) is 0 Å². The normalized spacial score (nSPS) is 10.2. The molecular weight excluding hydrogens is 268 g/mol. The van der Waals surface area contributed by atoms with Crippen molar-refractivity contribution in [3.05, 3.63) is 0 Å². The van der Waals surface area contributed by atoms with Crippen molar-refractivity contribution >= 4 is 12.7 Å². The summed E-state index contributed by atoms with van der Waals surface area (Å²) in [4.78, 5) is 13.5. The Morgan fingerprint density at radius 2 is 1.35 bits per heavy atom. The quantitative estimate of drug-likeness (QED) is 0.195. The molecule has 0 aliphatic heterocycles. The Balaban J connectivity index is 2.99. The molecule has 0 heterocycles.